The van der Waals surface area contributed by atoms with Gasteiger partial charge in [-0.15, -0.1) is 0 Å². The molecule has 0 saturated carbocycles. The van der Waals surface area contributed by atoms with Gasteiger partial charge in [-0.1, -0.05) is 13.0 Å². The Labute approximate surface area is 128 Å². The number of piperazine rings is 1. The molecular formula is C17H28FN3. The van der Waals surface area contributed by atoms with Crippen molar-refractivity contribution in [3.63, 3.8) is 0 Å². The Hall–Kier alpha value is -1.13. The summed E-state index contributed by atoms with van der Waals surface area (Å²) in [5.41, 5.74) is 1.82. The van der Waals surface area contributed by atoms with Crippen molar-refractivity contribution in [1.29, 1.82) is 0 Å². The van der Waals surface area contributed by atoms with E-state index in [1.165, 1.54) is 0 Å². The number of nitrogens with zero attached hydrogens (tertiary/aromatic N) is 2. The summed E-state index contributed by atoms with van der Waals surface area (Å²) in [7, 11) is 0. The van der Waals surface area contributed by atoms with Gasteiger partial charge in [0.1, 0.15) is 5.82 Å². The van der Waals surface area contributed by atoms with E-state index in [1.54, 1.807) is 6.07 Å². The van der Waals surface area contributed by atoms with E-state index in [4.69, 9.17) is 0 Å². The molecule has 1 aliphatic heterocycles. The first kappa shape index (κ1) is 16.2. The third kappa shape index (κ3) is 4.42. The Balaban J connectivity index is 2.14. The van der Waals surface area contributed by atoms with Crippen LogP contribution in [0.1, 0.15) is 33.3 Å². The number of nitrogens with one attached hydrogen (secondary N) is 1. The molecule has 1 saturated heterocycles. The SMILES string of the molecule is CCN1CCN(c2cccc(F)c2CNC(C)(C)C)CC1. The molecule has 1 fully saturated rings. The summed E-state index contributed by atoms with van der Waals surface area (Å²) in [6.45, 7) is 14.2. The number of hydrogen-bond acceptors (Lipinski definition) is 3. The molecule has 2 rings (SSSR count). The van der Waals surface area contributed by atoms with E-state index in [-0.39, 0.29) is 11.4 Å². The quantitative estimate of drug-likeness (QED) is 0.921. The van der Waals surface area contributed by atoms with Gasteiger partial charge < -0.3 is 15.1 Å². The van der Waals surface area contributed by atoms with Crippen LogP contribution in [0.3, 0.4) is 0 Å². The van der Waals surface area contributed by atoms with Crippen molar-refractivity contribution in [1.82, 2.24) is 10.2 Å². The Bertz CT molecular complexity index is 460. The van der Waals surface area contributed by atoms with Crippen molar-refractivity contribution >= 4 is 5.69 Å². The van der Waals surface area contributed by atoms with Gasteiger partial charge in [-0.05, 0) is 39.4 Å². The smallest absolute Gasteiger partial charge is 0.129 e. The Morgan fingerprint density at radius 3 is 2.38 bits per heavy atom. The first-order valence-corrected chi connectivity index (χ1v) is 7.90. The normalized spacial score (nSPS) is 17.3. The predicted molar refractivity (Wildman–Crippen MR) is 87.3 cm³/mol. The minimum absolute atomic E-state index is 0.0134. The van der Waals surface area contributed by atoms with E-state index in [0.29, 0.717) is 6.54 Å². The number of hydrogen-bond donors (Lipinski definition) is 1. The third-order valence-corrected chi connectivity index (χ3v) is 4.05. The summed E-state index contributed by atoms with van der Waals surface area (Å²) in [6, 6.07) is 5.42. The maximum atomic E-state index is 14.2. The second-order valence-corrected chi connectivity index (χ2v) is 6.76. The highest BCUT2D eigenvalue weighted by atomic mass is 19.1. The van der Waals surface area contributed by atoms with Gasteiger partial charge in [-0.25, -0.2) is 4.39 Å². The van der Waals surface area contributed by atoms with Crippen LogP contribution in [0.15, 0.2) is 18.2 Å². The fourth-order valence-corrected chi connectivity index (χ4v) is 2.68. The van der Waals surface area contributed by atoms with E-state index < -0.39 is 0 Å². The van der Waals surface area contributed by atoms with Crippen LogP contribution in [-0.4, -0.2) is 43.2 Å². The number of benzene rings is 1. The molecule has 3 nitrogen and oxygen atoms in total. The molecule has 1 N–H and O–H groups in total. The fourth-order valence-electron chi connectivity index (χ4n) is 2.68. The third-order valence-electron chi connectivity index (χ3n) is 4.05. The summed E-state index contributed by atoms with van der Waals surface area (Å²) < 4.78 is 14.2. The van der Waals surface area contributed by atoms with Gasteiger partial charge in [0.05, 0.1) is 0 Å². The standard InChI is InChI=1S/C17H28FN3/c1-5-20-9-11-21(12-10-20)16-8-6-7-15(18)14(16)13-19-17(2,3)4/h6-8,19H,5,9-13H2,1-4H3. The first-order chi connectivity index (χ1) is 9.90. The summed E-state index contributed by atoms with van der Waals surface area (Å²) in [4.78, 5) is 4.75. The van der Waals surface area contributed by atoms with Gasteiger partial charge in [-0.3, -0.25) is 0 Å². The zero-order chi connectivity index (χ0) is 15.5. The van der Waals surface area contributed by atoms with Crippen molar-refractivity contribution in [3.05, 3.63) is 29.6 Å². The van der Waals surface area contributed by atoms with Gasteiger partial charge in [-0.2, -0.15) is 0 Å². The molecule has 0 aromatic heterocycles. The van der Waals surface area contributed by atoms with Crippen LogP contribution in [0, 0.1) is 5.82 Å². The zero-order valence-electron chi connectivity index (χ0n) is 13.7. The zero-order valence-corrected chi connectivity index (χ0v) is 13.7. The van der Waals surface area contributed by atoms with Crippen LogP contribution in [0.25, 0.3) is 0 Å². The molecular weight excluding hydrogens is 265 g/mol. The number of halogens is 1. The molecule has 0 atom stereocenters. The molecule has 1 aliphatic rings. The average molecular weight is 293 g/mol. The molecule has 0 aliphatic carbocycles. The van der Waals surface area contributed by atoms with E-state index >= 15 is 0 Å². The lowest BCUT2D eigenvalue weighted by molar-refractivity contribution is 0.271. The van der Waals surface area contributed by atoms with Crippen molar-refractivity contribution in [2.24, 2.45) is 0 Å². The van der Waals surface area contributed by atoms with Gasteiger partial charge in [0.2, 0.25) is 0 Å². The fraction of sp³-hybridized carbons (Fsp3) is 0.647. The molecule has 0 radical (unpaired) electrons. The number of anilines is 1. The average Bonchev–Trinajstić information content (AvgIpc) is 2.45. The van der Waals surface area contributed by atoms with Crippen LogP contribution in [0.5, 0.6) is 0 Å². The van der Waals surface area contributed by atoms with E-state index in [1.807, 2.05) is 12.1 Å². The van der Waals surface area contributed by atoms with Crippen LogP contribution >= 0.6 is 0 Å². The maximum Gasteiger partial charge on any atom is 0.129 e. The molecule has 0 amide bonds. The highest BCUT2D eigenvalue weighted by molar-refractivity contribution is 5.54. The van der Waals surface area contributed by atoms with Crippen molar-refractivity contribution in [3.8, 4) is 0 Å². The topological polar surface area (TPSA) is 18.5 Å². The second-order valence-electron chi connectivity index (χ2n) is 6.76. The monoisotopic (exact) mass is 293 g/mol. The van der Waals surface area contributed by atoms with Gasteiger partial charge in [0.25, 0.3) is 0 Å². The lowest BCUT2D eigenvalue weighted by atomic mass is 10.1. The Morgan fingerprint density at radius 1 is 1.14 bits per heavy atom. The van der Waals surface area contributed by atoms with Crippen molar-refractivity contribution < 1.29 is 4.39 Å². The molecule has 1 aromatic rings. The predicted octanol–water partition coefficient (Wildman–Crippen LogP) is 2.86. The van der Waals surface area contributed by atoms with Gasteiger partial charge >= 0.3 is 0 Å². The molecule has 1 heterocycles. The molecule has 0 unspecified atom stereocenters. The van der Waals surface area contributed by atoms with Crippen molar-refractivity contribution in [2.45, 2.75) is 39.8 Å². The van der Waals surface area contributed by atoms with E-state index in [2.05, 4.69) is 42.8 Å². The van der Waals surface area contributed by atoms with Crippen molar-refractivity contribution in [2.75, 3.05) is 37.6 Å². The second kappa shape index (κ2) is 6.75. The molecule has 4 heteroatoms. The lowest BCUT2D eigenvalue weighted by Gasteiger charge is -2.36. The summed E-state index contributed by atoms with van der Waals surface area (Å²) >= 11 is 0. The summed E-state index contributed by atoms with van der Waals surface area (Å²) in [6.07, 6.45) is 0. The van der Waals surface area contributed by atoms with E-state index in [9.17, 15) is 4.39 Å². The maximum absolute atomic E-state index is 14.2. The summed E-state index contributed by atoms with van der Waals surface area (Å²) in [5.74, 6) is -0.109. The molecule has 21 heavy (non-hydrogen) atoms. The van der Waals surface area contributed by atoms with Crippen LogP contribution in [0.2, 0.25) is 0 Å². The van der Waals surface area contributed by atoms with Crippen LogP contribution in [-0.2, 0) is 6.54 Å². The molecule has 0 bridgehead atoms. The largest absolute Gasteiger partial charge is 0.369 e. The highest BCUT2D eigenvalue weighted by Gasteiger charge is 2.20. The Kier molecular flexibility index (Phi) is 5.22. The number of rotatable bonds is 4. The van der Waals surface area contributed by atoms with E-state index in [0.717, 1.165) is 44.0 Å². The lowest BCUT2D eigenvalue weighted by Crippen LogP contribution is -2.46. The molecule has 1 aromatic carbocycles. The number of likely N-dealkylation sites (N-methyl/N-ethyl adjacent to an activating group) is 1. The molecule has 0 spiro atoms. The van der Waals surface area contributed by atoms with Gasteiger partial charge in [0.15, 0.2) is 0 Å². The molecule has 118 valence electrons. The summed E-state index contributed by atoms with van der Waals surface area (Å²) in [5, 5.41) is 3.40. The van der Waals surface area contributed by atoms with Crippen LogP contribution < -0.4 is 10.2 Å². The Morgan fingerprint density at radius 2 is 1.81 bits per heavy atom. The first-order valence-electron chi connectivity index (χ1n) is 7.90. The van der Waals surface area contributed by atoms with Gasteiger partial charge in [0, 0.05) is 49.5 Å². The van der Waals surface area contributed by atoms with Crippen LogP contribution in [0.4, 0.5) is 10.1 Å². The highest BCUT2D eigenvalue weighted by Crippen LogP contribution is 2.25. The minimum atomic E-state index is -0.109. The minimum Gasteiger partial charge on any atom is -0.369 e.